The number of hydrogen-bond donors (Lipinski definition) is 2. The molecule has 1 saturated heterocycles. The summed E-state index contributed by atoms with van der Waals surface area (Å²) in [4.78, 5) is 26.0. The zero-order valence-corrected chi connectivity index (χ0v) is 12.8. The predicted molar refractivity (Wildman–Crippen MR) is 85.7 cm³/mol. The van der Waals surface area contributed by atoms with Crippen molar-refractivity contribution in [2.24, 2.45) is 5.73 Å². The molecule has 0 spiro atoms. The highest BCUT2D eigenvalue weighted by molar-refractivity contribution is 6.03. The van der Waals surface area contributed by atoms with E-state index < -0.39 is 0 Å². The van der Waals surface area contributed by atoms with Crippen LogP contribution in [0.25, 0.3) is 0 Å². The van der Waals surface area contributed by atoms with Crippen LogP contribution in [0.4, 0.5) is 5.69 Å². The normalized spacial score (nSPS) is 14.2. The standard InChI is InChI=1S/C15H21N3O2.ClH/c16-9-8-14(19)17-13-7-3-2-6-12(13)15(20)18-10-4-1-5-11-18;/h2-3,6-7H,1,4-5,8-11,16H2,(H,17,19);1H. The second-order valence-corrected chi connectivity index (χ2v) is 4.99. The van der Waals surface area contributed by atoms with Gasteiger partial charge in [-0.15, -0.1) is 12.4 Å². The molecule has 3 N–H and O–H groups in total. The Morgan fingerprint density at radius 3 is 2.48 bits per heavy atom. The Balaban J connectivity index is 0.00000220. The van der Waals surface area contributed by atoms with Gasteiger partial charge in [-0.1, -0.05) is 12.1 Å². The predicted octanol–water partition coefficient (Wildman–Crippen LogP) is 2.02. The maximum Gasteiger partial charge on any atom is 0.255 e. The highest BCUT2D eigenvalue weighted by atomic mass is 35.5. The number of hydrogen-bond acceptors (Lipinski definition) is 3. The zero-order valence-electron chi connectivity index (χ0n) is 12.0. The second-order valence-electron chi connectivity index (χ2n) is 4.99. The highest BCUT2D eigenvalue weighted by Gasteiger charge is 2.20. The van der Waals surface area contributed by atoms with E-state index in [0.717, 1.165) is 25.9 Å². The van der Waals surface area contributed by atoms with Crippen molar-refractivity contribution in [1.82, 2.24) is 4.90 Å². The van der Waals surface area contributed by atoms with Gasteiger partial charge in [-0.25, -0.2) is 0 Å². The van der Waals surface area contributed by atoms with E-state index in [-0.39, 0.29) is 30.6 Å². The van der Waals surface area contributed by atoms with Crippen LogP contribution in [0.5, 0.6) is 0 Å². The molecular weight excluding hydrogens is 290 g/mol. The summed E-state index contributed by atoms with van der Waals surface area (Å²) in [5.41, 5.74) is 6.49. The first kappa shape index (κ1) is 17.5. The van der Waals surface area contributed by atoms with Crippen molar-refractivity contribution in [1.29, 1.82) is 0 Å². The summed E-state index contributed by atoms with van der Waals surface area (Å²) in [6.45, 7) is 1.89. The summed E-state index contributed by atoms with van der Waals surface area (Å²) < 4.78 is 0. The Morgan fingerprint density at radius 1 is 1.14 bits per heavy atom. The average Bonchev–Trinajstić information content (AvgIpc) is 2.48. The summed E-state index contributed by atoms with van der Waals surface area (Å²) in [6, 6.07) is 7.14. The Hall–Kier alpha value is -1.59. The Morgan fingerprint density at radius 2 is 1.81 bits per heavy atom. The monoisotopic (exact) mass is 311 g/mol. The summed E-state index contributed by atoms with van der Waals surface area (Å²) >= 11 is 0. The average molecular weight is 312 g/mol. The van der Waals surface area contributed by atoms with Crippen LogP contribution in [-0.2, 0) is 4.79 Å². The molecule has 1 fully saturated rings. The van der Waals surface area contributed by atoms with Gasteiger partial charge in [-0.3, -0.25) is 9.59 Å². The molecular formula is C15H22ClN3O2. The molecule has 5 nitrogen and oxygen atoms in total. The quantitative estimate of drug-likeness (QED) is 0.893. The van der Waals surface area contributed by atoms with Gasteiger partial charge in [-0.2, -0.15) is 0 Å². The first-order chi connectivity index (χ1) is 9.72. The largest absolute Gasteiger partial charge is 0.339 e. The van der Waals surface area contributed by atoms with Crippen molar-refractivity contribution in [3.63, 3.8) is 0 Å². The number of piperidine rings is 1. The molecule has 2 rings (SSSR count). The van der Waals surface area contributed by atoms with Crippen molar-refractivity contribution in [3.8, 4) is 0 Å². The smallest absolute Gasteiger partial charge is 0.255 e. The summed E-state index contributed by atoms with van der Waals surface area (Å²) in [7, 11) is 0. The number of nitrogens with zero attached hydrogens (tertiary/aromatic N) is 1. The van der Waals surface area contributed by atoms with Crippen LogP contribution in [-0.4, -0.2) is 36.3 Å². The Kier molecular flexibility index (Phi) is 7.19. The van der Waals surface area contributed by atoms with Gasteiger partial charge < -0.3 is 16.0 Å². The van der Waals surface area contributed by atoms with Crippen LogP contribution in [0.3, 0.4) is 0 Å². The number of anilines is 1. The van der Waals surface area contributed by atoms with Crippen LogP contribution >= 0.6 is 12.4 Å². The van der Waals surface area contributed by atoms with Crippen molar-refractivity contribution >= 4 is 29.9 Å². The van der Waals surface area contributed by atoms with E-state index in [1.807, 2.05) is 17.0 Å². The third-order valence-electron chi connectivity index (χ3n) is 3.45. The van der Waals surface area contributed by atoms with Gasteiger partial charge in [0.25, 0.3) is 5.91 Å². The van der Waals surface area contributed by atoms with E-state index in [1.165, 1.54) is 6.42 Å². The van der Waals surface area contributed by atoms with Crippen LogP contribution in [0.15, 0.2) is 24.3 Å². The van der Waals surface area contributed by atoms with Crippen molar-refractivity contribution in [2.45, 2.75) is 25.7 Å². The molecule has 2 amide bonds. The molecule has 116 valence electrons. The molecule has 0 radical (unpaired) electrons. The zero-order chi connectivity index (χ0) is 14.4. The lowest BCUT2D eigenvalue weighted by molar-refractivity contribution is -0.116. The lowest BCUT2D eigenvalue weighted by Gasteiger charge is -2.27. The molecule has 0 saturated carbocycles. The number of carbonyl (C=O) groups excluding carboxylic acids is 2. The molecule has 1 heterocycles. The van der Waals surface area contributed by atoms with E-state index in [0.29, 0.717) is 17.8 Å². The van der Waals surface area contributed by atoms with Crippen LogP contribution in [0, 0.1) is 0 Å². The van der Waals surface area contributed by atoms with Gasteiger partial charge in [-0.05, 0) is 31.4 Å². The number of nitrogens with one attached hydrogen (secondary N) is 1. The minimum Gasteiger partial charge on any atom is -0.339 e. The first-order valence-electron chi connectivity index (χ1n) is 7.10. The molecule has 6 heteroatoms. The maximum atomic E-state index is 12.5. The van der Waals surface area contributed by atoms with Crippen LogP contribution in [0.2, 0.25) is 0 Å². The summed E-state index contributed by atoms with van der Waals surface area (Å²) in [5, 5.41) is 2.77. The fourth-order valence-corrected chi connectivity index (χ4v) is 2.39. The molecule has 0 bridgehead atoms. The van der Waals surface area contributed by atoms with Crippen molar-refractivity contribution in [3.05, 3.63) is 29.8 Å². The maximum absolute atomic E-state index is 12.5. The number of nitrogens with two attached hydrogens (primary N) is 1. The molecule has 0 atom stereocenters. The van der Waals surface area contributed by atoms with Gasteiger partial charge in [0, 0.05) is 26.1 Å². The van der Waals surface area contributed by atoms with Crippen LogP contribution < -0.4 is 11.1 Å². The fraction of sp³-hybridized carbons (Fsp3) is 0.467. The molecule has 1 aromatic carbocycles. The summed E-state index contributed by atoms with van der Waals surface area (Å²) in [5.74, 6) is -0.167. The molecule has 21 heavy (non-hydrogen) atoms. The molecule has 1 aliphatic heterocycles. The summed E-state index contributed by atoms with van der Waals surface area (Å²) in [6.07, 6.45) is 3.53. The fourth-order valence-electron chi connectivity index (χ4n) is 2.39. The second kappa shape index (κ2) is 8.64. The van der Waals surface area contributed by atoms with E-state index in [4.69, 9.17) is 5.73 Å². The minimum absolute atomic E-state index is 0. The lowest BCUT2D eigenvalue weighted by Crippen LogP contribution is -2.36. The van der Waals surface area contributed by atoms with E-state index in [2.05, 4.69) is 5.32 Å². The van der Waals surface area contributed by atoms with E-state index in [9.17, 15) is 9.59 Å². The third-order valence-corrected chi connectivity index (χ3v) is 3.45. The SMILES string of the molecule is Cl.NCCC(=O)Nc1ccccc1C(=O)N1CCCCC1. The first-order valence-corrected chi connectivity index (χ1v) is 7.10. The third kappa shape index (κ3) is 4.72. The van der Waals surface area contributed by atoms with Gasteiger partial charge in [0.2, 0.25) is 5.91 Å². The highest BCUT2D eigenvalue weighted by Crippen LogP contribution is 2.20. The van der Waals surface area contributed by atoms with Gasteiger partial charge >= 0.3 is 0 Å². The van der Waals surface area contributed by atoms with Gasteiger partial charge in [0.05, 0.1) is 11.3 Å². The Bertz CT molecular complexity index is 488. The number of amides is 2. The van der Waals surface area contributed by atoms with Crippen molar-refractivity contribution in [2.75, 3.05) is 25.0 Å². The molecule has 0 aromatic heterocycles. The van der Waals surface area contributed by atoms with Crippen LogP contribution in [0.1, 0.15) is 36.0 Å². The number of carbonyl (C=O) groups is 2. The number of halogens is 1. The van der Waals surface area contributed by atoms with E-state index in [1.54, 1.807) is 12.1 Å². The topological polar surface area (TPSA) is 75.4 Å². The van der Waals surface area contributed by atoms with Gasteiger partial charge in [0.15, 0.2) is 0 Å². The lowest BCUT2D eigenvalue weighted by atomic mass is 10.1. The number of rotatable bonds is 4. The minimum atomic E-state index is -0.161. The van der Waals surface area contributed by atoms with Gasteiger partial charge in [0.1, 0.15) is 0 Å². The molecule has 0 unspecified atom stereocenters. The Labute approximate surface area is 131 Å². The molecule has 1 aliphatic rings. The van der Waals surface area contributed by atoms with E-state index >= 15 is 0 Å². The molecule has 1 aromatic rings. The number of likely N-dealkylation sites (tertiary alicyclic amines) is 1. The van der Waals surface area contributed by atoms with Crippen molar-refractivity contribution < 1.29 is 9.59 Å². The number of para-hydroxylation sites is 1. The number of benzene rings is 1. The molecule has 0 aliphatic carbocycles.